The first-order chi connectivity index (χ1) is 11.1. The van der Waals surface area contributed by atoms with E-state index in [9.17, 15) is 9.59 Å². The number of pyridine rings is 1. The average Bonchev–Trinajstić information content (AvgIpc) is 3.13. The lowest BCUT2D eigenvalue weighted by Crippen LogP contribution is -2.34. The summed E-state index contributed by atoms with van der Waals surface area (Å²) in [6.07, 6.45) is 7.57. The number of hydrogen-bond donors (Lipinski definition) is 2. The van der Waals surface area contributed by atoms with Crippen LogP contribution in [0.5, 0.6) is 0 Å². The Morgan fingerprint density at radius 3 is 3.09 bits per heavy atom. The first-order valence-electron chi connectivity index (χ1n) is 8.20. The summed E-state index contributed by atoms with van der Waals surface area (Å²) in [5.74, 6) is -0.289. The summed E-state index contributed by atoms with van der Waals surface area (Å²) in [6.45, 7) is 0. The summed E-state index contributed by atoms with van der Waals surface area (Å²) < 4.78 is 1.87. The second kappa shape index (κ2) is 5.37. The van der Waals surface area contributed by atoms with E-state index in [0.29, 0.717) is 0 Å². The van der Waals surface area contributed by atoms with Gasteiger partial charge in [-0.15, -0.1) is 0 Å². The van der Waals surface area contributed by atoms with Crippen LogP contribution in [0, 0.1) is 0 Å². The van der Waals surface area contributed by atoms with E-state index in [0.717, 1.165) is 55.3 Å². The van der Waals surface area contributed by atoms with Crippen molar-refractivity contribution in [2.24, 2.45) is 7.05 Å². The molecule has 0 aromatic carbocycles. The van der Waals surface area contributed by atoms with Crippen molar-refractivity contribution < 1.29 is 4.79 Å². The molecule has 0 saturated carbocycles. The third-order valence-electron chi connectivity index (χ3n) is 5.01. The van der Waals surface area contributed by atoms with Crippen LogP contribution in [0.1, 0.15) is 58.2 Å². The van der Waals surface area contributed by atoms with Crippen LogP contribution in [0.15, 0.2) is 17.1 Å². The van der Waals surface area contributed by atoms with Crippen LogP contribution in [-0.2, 0) is 26.3 Å². The van der Waals surface area contributed by atoms with Gasteiger partial charge in [0.15, 0.2) is 0 Å². The minimum absolute atomic E-state index is 0.0624. The van der Waals surface area contributed by atoms with Gasteiger partial charge in [0, 0.05) is 24.0 Å². The molecule has 2 aromatic heterocycles. The van der Waals surface area contributed by atoms with Gasteiger partial charge in [-0.05, 0) is 50.2 Å². The number of aryl methyl sites for hydroxylation is 3. The molecule has 2 N–H and O–H groups in total. The number of hydrogen-bond acceptors (Lipinski definition) is 3. The molecule has 6 nitrogen and oxygen atoms in total. The van der Waals surface area contributed by atoms with E-state index in [1.807, 2.05) is 17.9 Å². The highest BCUT2D eigenvalue weighted by atomic mass is 16.2. The van der Waals surface area contributed by atoms with Crippen LogP contribution in [0.25, 0.3) is 0 Å². The summed E-state index contributed by atoms with van der Waals surface area (Å²) in [5, 5.41) is 7.32. The molecule has 0 fully saturated rings. The zero-order valence-electron chi connectivity index (χ0n) is 13.2. The van der Waals surface area contributed by atoms with Crippen LogP contribution in [0.3, 0.4) is 0 Å². The van der Waals surface area contributed by atoms with Gasteiger partial charge in [0.2, 0.25) is 0 Å². The van der Waals surface area contributed by atoms with E-state index in [1.165, 1.54) is 5.69 Å². The number of fused-ring (bicyclic) bond motifs is 2. The summed E-state index contributed by atoms with van der Waals surface area (Å²) in [5.41, 5.74) is 4.26. The van der Waals surface area contributed by atoms with E-state index in [2.05, 4.69) is 15.4 Å². The molecule has 1 amide bonds. The van der Waals surface area contributed by atoms with Gasteiger partial charge >= 0.3 is 0 Å². The number of carbonyl (C=O) groups is 1. The van der Waals surface area contributed by atoms with Gasteiger partial charge in [-0.3, -0.25) is 14.3 Å². The van der Waals surface area contributed by atoms with Crippen LogP contribution in [0.2, 0.25) is 0 Å². The minimum atomic E-state index is -0.289. The molecule has 1 atom stereocenters. The minimum Gasteiger partial charge on any atom is -0.345 e. The number of nitrogens with one attached hydrogen (secondary N) is 2. The summed E-state index contributed by atoms with van der Waals surface area (Å²) in [4.78, 5) is 27.6. The molecule has 23 heavy (non-hydrogen) atoms. The molecule has 0 spiro atoms. The van der Waals surface area contributed by atoms with Gasteiger partial charge in [0.1, 0.15) is 5.56 Å². The topological polar surface area (TPSA) is 79.8 Å². The SMILES string of the molecule is Cn1ncc2c1CCC[C@H]2NC(=O)c1cc2c([nH]c1=O)CCC2. The van der Waals surface area contributed by atoms with Crippen molar-refractivity contribution in [3.8, 4) is 0 Å². The van der Waals surface area contributed by atoms with Gasteiger partial charge < -0.3 is 10.3 Å². The fourth-order valence-corrected chi connectivity index (χ4v) is 3.77. The normalized spacial score (nSPS) is 19.3. The molecule has 0 bridgehead atoms. The van der Waals surface area contributed by atoms with Gasteiger partial charge in [-0.1, -0.05) is 0 Å². The molecular weight excluding hydrogens is 292 g/mol. The Hall–Kier alpha value is -2.37. The quantitative estimate of drug-likeness (QED) is 0.880. The number of aromatic amines is 1. The van der Waals surface area contributed by atoms with E-state index in [4.69, 9.17) is 0 Å². The highest BCUT2D eigenvalue weighted by Crippen LogP contribution is 2.29. The lowest BCUT2D eigenvalue weighted by Gasteiger charge is -2.23. The molecule has 2 aliphatic rings. The van der Waals surface area contributed by atoms with Crippen LogP contribution in [-0.4, -0.2) is 20.7 Å². The van der Waals surface area contributed by atoms with Gasteiger partial charge in [0.05, 0.1) is 12.2 Å². The number of carbonyl (C=O) groups excluding carboxylic acids is 1. The van der Waals surface area contributed by atoms with E-state index in [-0.39, 0.29) is 23.1 Å². The molecule has 0 saturated heterocycles. The number of aromatic nitrogens is 3. The van der Waals surface area contributed by atoms with Crippen LogP contribution >= 0.6 is 0 Å². The second-order valence-electron chi connectivity index (χ2n) is 6.46. The molecule has 2 aromatic rings. The molecule has 0 aliphatic heterocycles. The van der Waals surface area contributed by atoms with Crippen molar-refractivity contribution in [1.82, 2.24) is 20.1 Å². The molecule has 0 unspecified atom stereocenters. The third-order valence-corrected chi connectivity index (χ3v) is 5.01. The summed E-state index contributed by atoms with van der Waals surface area (Å²) in [7, 11) is 1.92. The maximum atomic E-state index is 12.6. The maximum absolute atomic E-state index is 12.6. The molecule has 4 rings (SSSR count). The Kier molecular flexibility index (Phi) is 3.32. The summed E-state index contributed by atoms with van der Waals surface area (Å²) >= 11 is 0. The lowest BCUT2D eigenvalue weighted by atomic mass is 9.92. The Bertz CT molecular complexity index is 834. The first kappa shape index (κ1) is 14.2. The van der Waals surface area contributed by atoms with Crippen molar-refractivity contribution in [2.75, 3.05) is 0 Å². The van der Waals surface area contributed by atoms with Crippen molar-refractivity contribution >= 4 is 5.91 Å². The molecule has 6 heteroatoms. The van der Waals surface area contributed by atoms with E-state index in [1.54, 1.807) is 6.07 Å². The lowest BCUT2D eigenvalue weighted by molar-refractivity contribution is 0.0931. The fraction of sp³-hybridized carbons (Fsp3) is 0.471. The second-order valence-corrected chi connectivity index (χ2v) is 6.46. The standard InChI is InChI=1S/C17H20N4O2/c1-21-15-7-3-6-14(12(15)9-18-21)20-17(23)11-8-10-4-2-5-13(10)19-16(11)22/h8-9,14H,2-7H2,1H3,(H,19,22)(H,20,23)/t14-/m1/s1. The highest BCUT2D eigenvalue weighted by molar-refractivity contribution is 5.94. The van der Waals surface area contributed by atoms with Gasteiger partial charge in [0.25, 0.3) is 11.5 Å². The average molecular weight is 312 g/mol. The molecule has 120 valence electrons. The molecule has 2 heterocycles. The predicted octanol–water partition coefficient (Wildman–Crippen LogP) is 1.40. The fourth-order valence-electron chi connectivity index (χ4n) is 3.77. The maximum Gasteiger partial charge on any atom is 0.261 e. The first-order valence-corrected chi connectivity index (χ1v) is 8.20. The number of rotatable bonds is 2. The smallest absolute Gasteiger partial charge is 0.261 e. The predicted molar refractivity (Wildman–Crippen MR) is 85.4 cm³/mol. The zero-order chi connectivity index (χ0) is 16.0. The van der Waals surface area contributed by atoms with Gasteiger partial charge in [-0.25, -0.2) is 0 Å². The van der Waals surface area contributed by atoms with Crippen LogP contribution < -0.4 is 10.9 Å². The molecule has 2 aliphatic carbocycles. The van der Waals surface area contributed by atoms with Gasteiger partial charge in [-0.2, -0.15) is 5.10 Å². The monoisotopic (exact) mass is 312 g/mol. The van der Waals surface area contributed by atoms with Crippen molar-refractivity contribution in [3.63, 3.8) is 0 Å². The largest absolute Gasteiger partial charge is 0.345 e. The number of nitrogens with zero attached hydrogens (tertiary/aromatic N) is 2. The number of amides is 1. The van der Waals surface area contributed by atoms with Crippen molar-refractivity contribution in [2.45, 2.75) is 44.6 Å². The Labute approximate surface area is 133 Å². The summed E-state index contributed by atoms with van der Waals surface area (Å²) in [6, 6.07) is 1.70. The Morgan fingerprint density at radius 2 is 2.22 bits per heavy atom. The van der Waals surface area contributed by atoms with Crippen molar-refractivity contribution in [3.05, 3.63) is 50.7 Å². The number of H-pyrrole nitrogens is 1. The van der Waals surface area contributed by atoms with E-state index >= 15 is 0 Å². The zero-order valence-corrected chi connectivity index (χ0v) is 13.2. The Balaban J connectivity index is 1.61. The van der Waals surface area contributed by atoms with Crippen LogP contribution in [0.4, 0.5) is 0 Å². The molecule has 0 radical (unpaired) electrons. The molecular formula is C17H20N4O2. The Morgan fingerprint density at radius 1 is 1.35 bits per heavy atom. The van der Waals surface area contributed by atoms with E-state index < -0.39 is 0 Å². The third kappa shape index (κ3) is 2.38. The highest BCUT2D eigenvalue weighted by Gasteiger charge is 2.26. The van der Waals surface area contributed by atoms with Crippen molar-refractivity contribution in [1.29, 1.82) is 0 Å².